The van der Waals surface area contributed by atoms with Gasteiger partial charge < -0.3 is 9.73 Å². The molecule has 1 rings (SSSR count). The quantitative estimate of drug-likeness (QED) is 0.805. The molecule has 0 bridgehead atoms. The number of hydrogen-bond acceptors (Lipinski definition) is 2. The number of furan rings is 1. The second kappa shape index (κ2) is 5.36. The van der Waals surface area contributed by atoms with E-state index in [2.05, 4.69) is 33.0 Å². The Balaban J connectivity index is 2.57. The fraction of sp³-hybridized carbons (Fsp3) is 0.692. The van der Waals surface area contributed by atoms with E-state index >= 15 is 0 Å². The van der Waals surface area contributed by atoms with E-state index in [0.29, 0.717) is 6.04 Å². The van der Waals surface area contributed by atoms with Gasteiger partial charge in [-0.05, 0) is 30.5 Å². The Morgan fingerprint density at radius 3 is 2.60 bits per heavy atom. The van der Waals surface area contributed by atoms with Crippen LogP contribution in [0.4, 0.5) is 0 Å². The topological polar surface area (TPSA) is 25.2 Å². The van der Waals surface area contributed by atoms with Gasteiger partial charge in [-0.3, -0.25) is 0 Å². The molecule has 0 aliphatic heterocycles. The molecule has 0 aliphatic rings. The van der Waals surface area contributed by atoms with Crippen molar-refractivity contribution in [1.29, 1.82) is 0 Å². The summed E-state index contributed by atoms with van der Waals surface area (Å²) in [5.74, 6) is 1.07. The molecule has 1 unspecified atom stereocenters. The minimum absolute atomic E-state index is 0.266. The lowest BCUT2D eigenvalue weighted by molar-refractivity contribution is 0.255. The Morgan fingerprint density at radius 2 is 2.13 bits per heavy atom. The third-order valence-electron chi connectivity index (χ3n) is 2.67. The Morgan fingerprint density at radius 1 is 1.40 bits per heavy atom. The zero-order chi connectivity index (χ0) is 11.3. The molecule has 0 saturated carbocycles. The van der Waals surface area contributed by atoms with E-state index in [1.807, 2.05) is 12.1 Å². The van der Waals surface area contributed by atoms with Gasteiger partial charge in [0.2, 0.25) is 0 Å². The maximum Gasteiger partial charge on any atom is 0.105 e. The van der Waals surface area contributed by atoms with Crippen molar-refractivity contribution in [2.24, 2.45) is 5.41 Å². The van der Waals surface area contributed by atoms with Gasteiger partial charge in [-0.15, -0.1) is 0 Å². The highest BCUT2D eigenvalue weighted by molar-refractivity contribution is 5.02. The van der Waals surface area contributed by atoms with Crippen LogP contribution >= 0.6 is 0 Å². The fourth-order valence-electron chi connectivity index (χ4n) is 1.63. The van der Waals surface area contributed by atoms with E-state index < -0.39 is 0 Å². The molecule has 0 radical (unpaired) electrons. The lowest BCUT2D eigenvalue weighted by atomic mass is 9.84. The molecular weight excluding hydrogens is 186 g/mol. The number of rotatable bonds is 5. The van der Waals surface area contributed by atoms with Crippen molar-refractivity contribution in [2.75, 3.05) is 6.54 Å². The monoisotopic (exact) mass is 209 g/mol. The SMILES string of the molecule is CCCNC(Cc1ccco1)C(C)(C)C. The molecule has 0 saturated heterocycles. The first-order valence-corrected chi connectivity index (χ1v) is 5.79. The highest BCUT2D eigenvalue weighted by Gasteiger charge is 2.24. The van der Waals surface area contributed by atoms with Gasteiger partial charge in [0, 0.05) is 12.5 Å². The molecule has 15 heavy (non-hydrogen) atoms. The molecule has 1 atom stereocenters. The van der Waals surface area contributed by atoms with E-state index in [1.165, 1.54) is 6.42 Å². The van der Waals surface area contributed by atoms with Crippen molar-refractivity contribution in [2.45, 2.75) is 46.6 Å². The van der Waals surface area contributed by atoms with Crippen molar-refractivity contribution < 1.29 is 4.42 Å². The summed E-state index contributed by atoms with van der Waals surface area (Å²) in [7, 11) is 0. The average molecular weight is 209 g/mol. The summed E-state index contributed by atoms with van der Waals surface area (Å²) < 4.78 is 5.40. The highest BCUT2D eigenvalue weighted by Crippen LogP contribution is 2.22. The normalized spacial score (nSPS) is 14.1. The van der Waals surface area contributed by atoms with Crippen LogP contribution in [0.3, 0.4) is 0 Å². The van der Waals surface area contributed by atoms with Crippen LogP contribution in [-0.2, 0) is 6.42 Å². The van der Waals surface area contributed by atoms with Crippen LogP contribution in [0.2, 0.25) is 0 Å². The molecular formula is C13H23NO. The molecule has 1 heterocycles. The van der Waals surface area contributed by atoms with Crippen LogP contribution in [0, 0.1) is 5.41 Å². The first-order valence-electron chi connectivity index (χ1n) is 5.79. The second-order valence-corrected chi connectivity index (χ2v) is 5.16. The minimum atomic E-state index is 0.266. The number of hydrogen-bond donors (Lipinski definition) is 1. The summed E-state index contributed by atoms with van der Waals surface area (Å²) in [4.78, 5) is 0. The standard InChI is InChI=1S/C13H23NO/c1-5-8-14-12(13(2,3)4)10-11-7-6-9-15-11/h6-7,9,12,14H,5,8,10H2,1-4H3. The maximum absolute atomic E-state index is 5.40. The molecule has 1 aromatic rings. The Bertz CT molecular complexity index is 259. The van der Waals surface area contributed by atoms with E-state index in [1.54, 1.807) is 6.26 Å². The van der Waals surface area contributed by atoms with Crippen LogP contribution < -0.4 is 5.32 Å². The fourth-order valence-corrected chi connectivity index (χ4v) is 1.63. The third kappa shape index (κ3) is 4.08. The smallest absolute Gasteiger partial charge is 0.105 e. The van der Waals surface area contributed by atoms with Gasteiger partial charge in [0.1, 0.15) is 5.76 Å². The van der Waals surface area contributed by atoms with Crippen molar-refractivity contribution in [3.05, 3.63) is 24.2 Å². The maximum atomic E-state index is 5.40. The Labute approximate surface area is 93.1 Å². The lowest BCUT2D eigenvalue weighted by Gasteiger charge is -2.31. The van der Waals surface area contributed by atoms with Gasteiger partial charge in [0.15, 0.2) is 0 Å². The molecule has 0 aliphatic carbocycles. The van der Waals surface area contributed by atoms with Crippen LogP contribution in [0.15, 0.2) is 22.8 Å². The Hall–Kier alpha value is -0.760. The van der Waals surface area contributed by atoms with Gasteiger partial charge >= 0.3 is 0 Å². The van der Waals surface area contributed by atoms with Gasteiger partial charge in [-0.2, -0.15) is 0 Å². The van der Waals surface area contributed by atoms with E-state index in [0.717, 1.165) is 18.7 Å². The predicted molar refractivity (Wildman–Crippen MR) is 63.9 cm³/mol. The van der Waals surface area contributed by atoms with Crippen molar-refractivity contribution in [3.63, 3.8) is 0 Å². The molecule has 0 aromatic carbocycles. The summed E-state index contributed by atoms with van der Waals surface area (Å²) in [6, 6.07) is 4.48. The van der Waals surface area contributed by atoms with E-state index in [9.17, 15) is 0 Å². The van der Waals surface area contributed by atoms with Gasteiger partial charge in [0.05, 0.1) is 6.26 Å². The van der Waals surface area contributed by atoms with Gasteiger partial charge in [-0.1, -0.05) is 27.7 Å². The highest BCUT2D eigenvalue weighted by atomic mass is 16.3. The zero-order valence-electron chi connectivity index (χ0n) is 10.3. The van der Waals surface area contributed by atoms with E-state index in [4.69, 9.17) is 4.42 Å². The summed E-state index contributed by atoms with van der Waals surface area (Å²) in [6.07, 6.45) is 3.89. The second-order valence-electron chi connectivity index (χ2n) is 5.16. The van der Waals surface area contributed by atoms with Crippen molar-refractivity contribution in [1.82, 2.24) is 5.32 Å². The first-order chi connectivity index (χ1) is 7.04. The summed E-state index contributed by atoms with van der Waals surface area (Å²) in [5.41, 5.74) is 0.266. The predicted octanol–water partition coefficient (Wildman–Crippen LogP) is 3.24. The van der Waals surface area contributed by atoms with Crippen LogP contribution in [0.5, 0.6) is 0 Å². The summed E-state index contributed by atoms with van der Waals surface area (Å²) in [5, 5.41) is 3.59. The van der Waals surface area contributed by atoms with Crippen LogP contribution in [0.1, 0.15) is 39.9 Å². The average Bonchev–Trinajstić information content (AvgIpc) is 2.62. The van der Waals surface area contributed by atoms with Crippen LogP contribution in [0.25, 0.3) is 0 Å². The van der Waals surface area contributed by atoms with Crippen molar-refractivity contribution in [3.8, 4) is 0 Å². The molecule has 1 N–H and O–H groups in total. The molecule has 2 heteroatoms. The molecule has 0 spiro atoms. The minimum Gasteiger partial charge on any atom is -0.469 e. The molecule has 0 amide bonds. The molecule has 2 nitrogen and oxygen atoms in total. The molecule has 86 valence electrons. The number of nitrogens with one attached hydrogen (secondary N) is 1. The van der Waals surface area contributed by atoms with Gasteiger partial charge in [0.25, 0.3) is 0 Å². The van der Waals surface area contributed by atoms with Crippen LogP contribution in [-0.4, -0.2) is 12.6 Å². The first kappa shape index (κ1) is 12.3. The zero-order valence-corrected chi connectivity index (χ0v) is 10.3. The third-order valence-corrected chi connectivity index (χ3v) is 2.67. The molecule has 1 aromatic heterocycles. The largest absolute Gasteiger partial charge is 0.469 e. The summed E-state index contributed by atoms with van der Waals surface area (Å²) in [6.45, 7) is 10.1. The van der Waals surface area contributed by atoms with Crippen molar-refractivity contribution >= 4 is 0 Å². The van der Waals surface area contributed by atoms with E-state index in [-0.39, 0.29) is 5.41 Å². The lowest BCUT2D eigenvalue weighted by Crippen LogP contribution is -2.42. The molecule has 0 fully saturated rings. The van der Waals surface area contributed by atoms with Gasteiger partial charge in [-0.25, -0.2) is 0 Å². The summed E-state index contributed by atoms with van der Waals surface area (Å²) >= 11 is 0. The Kier molecular flexibility index (Phi) is 4.40.